The molecule has 2 unspecified atom stereocenters. The normalized spacial score (nSPS) is 28.4. The Balaban J connectivity index is 2.93. The van der Waals surface area contributed by atoms with Gasteiger partial charge in [0.1, 0.15) is 0 Å². The van der Waals surface area contributed by atoms with Gasteiger partial charge in [-0.2, -0.15) is 0 Å². The molecule has 1 aliphatic carbocycles. The zero-order valence-corrected chi connectivity index (χ0v) is 18.3. The highest BCUT2D eigenvalue weighted by molar-refractivity contribution is 5.22. The zero-order valence-electron chi connectivity index (χ0n) is 18.3. The summed E-state index contributed by atoms with van der Waals surface area (Å²) >= 11 is 0. The molecule has 1 rings (SSSR count). The molecule has 1 aliphatic rings. The molecule has 0 saturated carbocycles. The summed E-state index contributed by atoms with van der Waals surface area (Å²) in [5, 5.41) is 0. The van der Waals surface area contributed by atoms with Crippen LogP contribution >= 0.6 is 0 Å². The van der Waals surface area contributed by atoms with E-state index in [1.54, 1.807) is 5.57 Å². The summed E-state index contributed by atoms with van der Waals surface area (Å²) in [5.41, 5.74) is 3.58. The average Bonchev–Trinajstić information content (AvgIpc) is 2.50. The van der Waals surface area contributed by atoms with Crippen LogP contribution in [0.3, 0.4) is 0 Å². The Labute approximate surface area is 157 Å². The SMILES string of the molecule is COCC1(C)CC=C(C(C)(C)CC/C=C(\C)C(C)C)CC1(C)COC. The zero-order chi connectivity index (χ0) is 19.3. The summed E-state index contributed by atoms with van der Waals surface area (Å²) in [4.78, 5) is 0. The third-order valence-electron chi connectivity index (χ3n) is 6.78. The van der Waals surface area contributed by atoms with Crippen LogP contribution in [0.2, 0.25) is 0 Å². The highest BCUT2D eigenvalue weighted by Crippen LogP contribution is 2.54. The highest BCUT2D eigenvalue weighted by atomic mass is 16.5. The minimum absolute atomic E-state index is 0.114. The number of allylic oxidation sites excluding steroid dienone is 4. The van der Waals surface area contributed by atoms with Gasteiger partial charge in [0.25, 0.3) is 0 Å². The lowest BCUT2D eigenvalue weighted by Crippen LogP contribution is -2.47. The van der Waals surface area contributed by atoms with E-state index in [4.69, 9.17) is 9.47 Å². The Morgan fingerprint density at radius 3 is 2.24 bits per heavy atom. The van der Waals surface area contributed by atoms with E-state index in [-0.39, 0.29) is 16.2 Å². The molecule has 25 heavy (non-hydrogen) atoms. The van der Waals surface area contributed by atoms with Crippen molar-refractivity contribution in [1.82, 2.24) is 0 Å². The van der Waals surface area contributed by atoms with Crippen LogP contribution in [0.4, 0.5) is 0 Å². The minimum Gasteiger partial charge on any atom is -0.384 e. The van der Waals surface area contributed by atoms with Gasteiger partial charge >= 0.3 is 0 Å². The average molecular weight is 351 g/mol. The van der Waals surface area contributed by atoms with Crippen LogP contribution in [0.1, 0.15) is 74.1 Å². The van der Waals surface area contributed by atoms with Gasteiger partial charge in [0, 0.05) is 25.0 Å². The van der Waals surface area contributed by atoms with Crippen LogP contribution in [0.25, 0.3) is 0 Å². The fourth-order valence-electron chi connectivity index (χ4n) is 3.97. The summed E-state index contributed by atoms with van der Waals surface area (Å²) < 4.78 is 11.2. The lowest BCUT2D eigenvalue weighted by molar-refractivity contribution is -0.0623. The first-order valence-corrected chi connectivity index (χ1v) is 9.85. The second-order valence-corrected chi connectivity index (χ2v) is 9.62. The molecule has 2 nitrogen and oxygen atoms in total. The van der Waals surface area contributed by atoms with Gasteiger partial charge < -0.3 is 9.47 Å². The second-order valence-electron chi connectivity index (χ2n) is 9.62. The first kappa shape index (κ1) is 22.4. The standard InChI is InChI=1S/C23H42O2/c1-18(2)19(3)11-10-13-21(4,5)20-12-14-22(6,16-24-8)23(7,15-20)17-25-9/h11-12,18H,10,13-17H2,1-9H3/b19-11+. The molecular formula is C23H42O2. The van der Waals surface area contributed by atoms with Gasteiger partial charge in [-0.05, 0) is 43.9 Å². The van der Waals surface area contributed by atoms with Crippen molar-refractivity contribution in [2.24, 2.45) is 22.2 Å². The monoisotopic (exact) mass is 350 g/mol. The number of rotatable bonds is 9. The van der Waals surface area contributed by atoms with Gasteiger partial charge in [0.05, 0.1) is 13.2 Å². The summed E-state index contributed by atoms with van der Waals surface area (Å²) in [6, 6.07) is 0. The molecule has 0 bridgehead atoms. The lowest BCUT2D eigenvalue weighted by atomic mass is 9.56. The van der Waals surface area contributed by atoms with Crippen LogP contribution in [-0.4, -0.2) is 27.4 Å². The third kappa shape index (κ3) is 5.44. The summed E-state index contributed by atoms with van der Waals surface area (Å²) in [6.07, 6.45) is 9.45. The molecule has 0 aromatic heterocycles. The number of hydrogen-bond donors (Lipinski definition) is 0. The van der Waals surface area contributed by atoms with E-state index in [0.717, 1.165) is 32.5 Å². The lowest BCUT2D eigenvalue weighted by Gasteiger charge is -2.51. The van der Waals surface area contributed by atoms with Gasteiger partial charge in [-0.25, -0.2) is 0 Å². The summed E-state index contributed by atoms with van der Waals surface area (Å²) in [7, 11) is 3.63. The molecule has 0 amide bonds. The molecule has 2 atom stereocenters. The van der Waals surface area contributed by atoms with E-state index in [1.807, 2.05) is 14.2 Å². The molecule has 0 N–H and O–H groups in total. The van der Waals surface area contributed by atoms with Crippen LogP contribution in [0, 0.1) is 22.2 Å². The van der Waals surface area contributed by atoms with Gasteiger partial charge in [0.2, 0.25) is 0 Å². The fourth-order valence-corrected chi connectivity index (χ4v) is 3.97. The Morgan fingerprint density at radius 1 is 1.16 bits per heavy atom. The molecule has 0 aromatic rings. The van der Waals surface area contributed by atoms with Gasteiger partial charge in [0.15, 0.2) is 0 Å². The van der Waals surface area contributed by atoms with Crippen molar-refractivity contribution < 1.29 is 9.47 Å². The van der Waals surface area contributed by atoms with Crippen LogP contribution < -0.4 is 0 Å². The maximum atomic E-state index is 5.63. The topological polar surface area (TPSA) is 18.5 Å². The number of hydrogen-bond acceptors (Lipinski definition) is 2. The quantitative estimate of drug-likeness (QED) is 0.447. The van der Waals surface area contributed by atoms with E-state index in [2.05, 4.69) is 60.6 Å². The van der Waals surface area contributed by atoms with E-state index in [1.165, 1.54) is 12.0 Å². The molecule has 0 heterocycles. The minimum atomic E-state index is 0.114. The molecule has 0 fully saturated rings. The van der Waals surface area contributed by atoms with Crippen LogP contribution in [-0.2, 0) is 9.47 Å². The smallest absolute Gasteiger partial charge is 0.0525 e. The highest BCUT2D eigenvalue weighted by Gasteiger charge is 2.48. The third-order valence-corrected chi connectivity index (χ3v) is 6.78. The first-order chi connectivity index (χ1) is 11.5. The van der Waals surface area contributed by atoms with Crippen molar-refractivity contribution in [1.29, 1.82) is 0 Å². The van der Waals surface area contributed by atoms with E-state index in [9.17, 15) is 0 Å². The molecule has 0 aliphatic heterocycles. The molecule has 0 aromatic carbocycles. The Hall–Kier alpha value is -0.600. The van der Waals surface area contributed by atoms with Gasteiger partial charge in [-0.1, -0.05) is 64.8 Å². The van der Waals surface area contributed by atoms with Crippen molar-refractivity contribution in [2.45, 2.75) is 74.1 Å². The Kier molecular flexibility index (Phi) is 7.95. The van der Waals surface area contributed by atoms with E-state index < -0.39 is 0 Å². The van der Waals surface area contributed by atoms with Gasteiger partial charge in [-0.15, -0.1) is 0 Å². The first-order valence-electron chi connectivity index (χ1n) is 9.85. The molecule has 0 radical (unpaired) electrons. The van der Waals surface area contributed by atoms with Crippen molar-refractivity contribution in [2.75, 3.05) is 27.4 Å². The molecule has 0 saturated heterocycles. The molecular weight excluding hydrogens is 308 g/mol. The van der Waals surface area contributed by atoms with Crippen LogP contribution in [0.15, 0.2) is 23.3 Å². The number of methoxy groups -OCH3 is 2. The number of ether oxygens (including phenoxy) is 2. The summed E-state index contributed by atoms with van der Waals surface area (Å²) in [5.74, 6) is 0.650. The van der Waals surface area contributed by atoms with E-state index in [0.29, 0.717) is 5.92 Å². The second kappa shape index (κ2) is 8.86. The summed E-state index contributed by atoms with van der Waals surface area (Å²) in [6.45, 7) is 17.9. The Bertz CT molecular complexity index is 486. The predicted molar refractivity (Wildman–Crippen MR) is 109 cm³/mol. The molecule has 0 spiro atoms. The van der Waals surface area contributed by atoms with Crippen molar-refractivity contribution >= 4 is 0 Å². The fraction of sp³-hybridized carbons (Fsp3) is 0.826. The maximum absolute atomic E-state index is 5.63. The predicted octanol–water partition coefficient (Wildman–Crippen LogP) is 6.42. The largest absolute Gasteiger partial charge is 0.384 e. The Morgan fingerprint density at radius 2 is 1.72 bits per heavy atom. The van der Waals surface area contributed by atoms with E-state index >= 15 is 0 Å². The van der Waals surface area contributed by atoms with Crippen molar-refractivity contribution in [3.63, 3.8) is 0 Å². The van der Waals surface area contributed by atoms with Crippen LogP contribution in [0.5, 0.6) is 0 Å². The molecule has 146 valence electrons. The maximum Gasteiger partial charge on any atom is 0.0525 e. The molecule has 2 heteroatoms. The van der Waals surface area contributed by atoms with Crippen molar-refractivity contribution in [3.05, 3.63) is 23.3 Å². The van der Waals surface area contributed by atoms with Crippen molar-refractivity contribution in [3.8, 4) is 0 Å². The van der Waals surface area contributed by atoms with Gasteiger partial charge in [-0.3, -0.25) is 0 Å².